The summed E-state index contributed by atoms with van der Waals surface area (Å²) >= 11 is 5.27. The molecule has 0 bridgehead atoms. The zero-order valence-electron chi connectivity index (χ0n) is 5.77. The molecule has 0 fully saturated rings. The van der Waals surface area contributed by atoms with Gasteiger partial charge in [0.25, 0.3) is 0 Å². The van der Waals surface area contributed by atoms with Crippen LogP contribution in [0.3, 0.4) is 0 Å². The SMILES string of the molecule is Nc1cc(F)c(Cl)c(C=O)c1F. The van der Waals surface area contributed by atoms with Gasteiger partial charge < -0.3 is 5.73 Å². The van der Waals surface area contributed by atoms with E-state index in [0.29, 0.717) is 0 Å². The van der Waals surface area contributed by atoms with E-state index in [1.807, 2.05) is 0 Å². The molecule has 0 atom stereocenters. The van der Waals surface area contributed by atoms with Gasteiger partial charge in [0.15, 0.2) is 12.1 Å². The average Bonchev–Trinajstić information content (AvgIpc) is 2.02. The van der Waals surface area contributed by atoms with Crippen LogP contribution in [0.25, 0.3) is 0 Å². The van der Waals surface area contributed by atoms with Gasteiger partial charge in [-0.05, 0) is 0 Å². The van der Waals surface area contributed by atoms with Crippen LogP contribution >= 0.6 is 11.6 Å². The van der Waals surface area contributed by atoms with Gasteiger partial charge in [0.2, 0.25) is 0 Å². The van der Waals surface area contributed by atoms with Crippen LogP contribution in [-0.2, 0) is 0 Å². The minimum absolute atomic E-state index is 0.122. The number of hydrogen-bond donors (Lipinski definition) is 1. The first-order chi connectivity index (χ1) is 5.57. The Morgan fingerprint density at radius 1 is 1.50 bits per heavy atom. The van der Waals surface area contributed by atoms with Crippen LogP contribution < -0.4 is 5.73 Å². The third-order valence-corrected chi connectivity index (χ3v) is 1.72. The molecule has 0 saturated carbocycles. The molecular formula is C7H4ClF2NO. The van der Waals surface area contributed by atoms with Gasteiger partial charge in [-0.15, -0.1) is 0 Å². The molecule has 1 aromatic carbocycles. The maximum absolute atomic E-state index is 12.8. The van der Waals surface area contributed by atoms with E-state index < -0.39 is 27.9 Å². The Balaban J connectivity index is 3.52. The van der Waals surface area contributed by atoms with Gasteiger partial charge in [-0.25, -0.2) is 8.78 Å². The number of rotatable bonds is 1. The van der Waals surface area contributed by atoms with Gasteiger partial charge >= 0.3 is 0 Å². The van der Waals surface area contributed by atoms with Crippen molar-refractivity contribution in [2.75, 3.05) is 5.73 Å². The highest BCUT2D eigenvalue weighted by atomic mass is 35.5. The number of carbonyl (C=O) groups excluding carboxylic acids is 1. The van der Waals surface area contributed by atoms with Crippen molar-refractivity contribution in [1.29, 1.82) is 0 Å². The van der Waals surface area contributed by atoms with Gasteiger partial charge in [-0.3, -0.25) is 4.79 Å². The number of halogens is 3. The van der Waals surface area contributed by atoms with Crippen molar-refractivity contribution >= 4 is 23.6 Å². The van der Waals surface area contributed by atoms with Crippen molar-refractivity contribution < 1.29 is 13.6 Å². The van der Waals surface area contributed by atoms with Crippen molar-refractivity contribution in [3.8, 4) is 0 Å². The van der Waals surface area contributed by atoms with E-state index >= 15 is 0 Å². The molecule has 5 heteroatoms. The lowest BCUT2D eigenvalue weighted by Gasteiger charge is -2.02. The van der Waals surface area contributed by atoms with Gasteiger partial charge in [-0.1, -0.05) is 11.6 Å². The summed E-state index contributed by atoms with van der Waals surface area (Å²) in [7, 11) is 0. The van der Waals surface area contributed by atoms with Crippen molar-refractivity contribution in [1.82, 2.24) is 0 Å². The number of benzene rings is 1. The van der Waals surface area contributed by atoms with Gasteiger partial charge in [0, 0.05) is 6.07 Å². The third-order valence-electron chi connectivity index (χ3n) is 1.34. The first-order valence-electron chi connectivity index (χ1n) is 2.96. The molecule has 12 heavy (non-hydrogen) atoms. The zero-order chi connectivity index (χ0) is 9.30. The predicted octanol–water partition coefficient (Wildman–Crippen LogP) is 2.01. The summed E-state index contributed by atoms with van der Waals surface area (Å²) in [6.45, 7) is 0. The fourth-order valence-corrected chi connectivity index (χ4v) is 0.929. The molecule has 2 nitrogen and oxygen atoms in total. The fraction of sp³-hybridized carbons (Fsp3) is 0. The Bertz CT molecular complexity index is 314. The predicted molar refractivity (Wildman–Crippen MR) is 41.2 cm³/mol. The second-order valence-corrected chi connectivity index (χ2v) is 2.49. The molecule has 0 saturated heterocycles. The van der Waals surface area contributed by atoms with E-state index in [2.05, 4.69) is 0 Å². The maximum Gasteiger partial charge on any atom is 0.158 e. The van der Waals surface area contributed by atoms with Crippen LogP contribution in [0.4, 0.5) is 14.5 Å². The molecule has 0 aliphatic heterocycles. The second kappa shape index (κ2) is 3.06. The summed E-state index contributed by atoms with van der Waals surface area (Å²) in [6, 6.07) is 0.727. The van der Waals surface area contributed by atoms with Gasteiger partial charge in [-0.2, -0.15) is 0 Å². The molecule has 1 rings (SSSR count). The Kier molecular flexibility index (Phi) is 2.28. The van der Waals surface area contributed by atoms with Crippen LogP contribution in [-0.4, -0.2) is 6.29 Å². The third kappa shape index (κ3) is 1.25. The molecule has 0 spiro atoms. The molecule has 0 amide bonds. The van der Waals surface area contributed by atoms with Crippen molar-refractivity contribution in [2.45, 2.75) is 0 Å². The lowest BCUT2D eigenvalue weighted by molar-refractivity contribution is 0.111. The average molecular weight is 192 g/mol. The number of anilines is 1. The molecule has 64 valence electrons. The smallest absolute Gasteiger partial charge is 0.158 e. The molecule has 0 aliphatic carbocycles. The zero-order valence-corrected chi connectivity index (χ0v) is 6.53. The summed E-state index contributed by atoms with van der Waals surface area (Å²) in [5.74, 6) is -1.89. The van der Waals surface area contributed by atoms with E-state index in [0.717, 1.165) is 6.07 Å². The summed E-state index contributed by atoms with van der Waals surface area (Å²) < 4.78 is 25.5. The lowest BCUT2D eigenvalue weighted by Crippen LogP contribution is -1.99. The normalized spacial score (nSPS) is 9.92. The van der Waals surface area contributed by atoms with Crippen LogP contribution in [0.1, 0.15) is 10.4 Å². The first-order valence-corrected chi connectivity index (χ1v) is 3.34. The summed E-state index contributed by atoms with van der Waals surface area (Å²) in [5.41, 5.74) is 4.05. The number of hydrogen-bond acceptors (Lipinski definition) is 2. The molecule has 2 N–H and O–H groups in total. The number of nitrogens with two attached hydrogens (primary N) is 1. The Labute approximate surface area is 71.9 Å². The highest BCUT2D eigenvalue weighted by Gasteiger charge is 2.14. The molecular weight excluding hydrogens is 188 g/mol. The van der Waals surface area contributed by atoms with Crippen LogP contribution in [0.15, 0.2) is 6.07 Å². The molecule has 0 aromatic heterocycles. The molecule has 0 aliphatic rings. The van der Waals surface area contributed by atoms with E-state index in [1.54, 1.807) is 0 Å². The Morgan fingerprint density at radius 2 is 2.08 bits per heavy atom. The minimum Gasteiger partial charge on any atom is -0.396 e. The molecule has 0 radical (unpaired) electrons. The monoisotopic (exact) mass is 191 g/mol. The quantitative estimate of drug-likeness (QED) is 0.419. The van der Waals surface area contributed by atoms with Crippen LogP contribution in [0.5, 0.6) is 0 Å². The van der Waals surface area contributed by atoms with Crippen molar-refractivity contribution in [3.05, 3.63) is 28.3 Å². The maximum atomic E-state index is 12.8. The first kappa shape index (κ1) is 8.93. The van der Waals surface area contributed by atoms with E-state index in [1.165, 1.54) is 0 Å². The number of aldehydes is 1. The van der Waals surface area contributed by atoms with E-state index in [-0.39, 0.29) is 6.29 Å². The van der Waals surface area contributed by atoms with Crippen molar-refractivity contribution in [2.24, 2.45) is 0 Å². The number of nitrogen functional groups attached to an aromatic ring is 1. The second-order valence-electron chi connectivity index (χ2n) is 2.11. The Morgan fingerprint density at radius 3 is 2.58 bits per heavy atom. The Hall–Kier alpha value is -1.16. The van der Waals surface area contributed by atoms with Crippen LogP contribution in [0.2, 0.25) is 5.02 Å². The summed E-state index contributed by atoms with van der Waals surface area (Å²) in [4.78, 5) is 10.2. The van der Waals surface area contributed by atoms with Crippen molar-refractivity contribution in [3.63, 3.8) is 0 Å². The van der Waals surface area contributed by atoms with E-state index in [4.69, 9.17) is 17.3 Å². The highest BCUT2D eigenvalue weighted by molar-refractivity contribution is 6.33. The van der Waals surface area contributed by atoms with E-state index in [9.17, 15) is 13.6 Å². The highest BCUT2D eigenvalue weighted by Crippen LogP contribution is 2.25. The molecule has 0 heterocycles. The standard InChI is InChI=1S/C7H4ClF2NO/c8-6-3(2-12)7(10)5(11)1-4(6)9/h1-2H,11H2. The molecule has 1 aromatic rings. The largest absolute Gasteiger partial charge is 0.396 e. The van der Waals surface area contributed by atoms with Crippen LogP contribution in [0, 0.1) is 11.6 Å². The van der Waals surface area contributed by atoms with Gasteiger partial charge in [0.1, 0.15) is 5.82 Å². The number of carbonyl (C=O) groups is 1. The topological polar surface area (TPSA) is 43.1 Å². The van der Waals surface area contributed by atoms with Gasteiger partial charge in [0.05, 0.1) is 16.3 Å². The minimum atomic E-state index is -0.989. The fourth-order valence-electron chi connectivity index (χ4n) is 0.747. The summed E-state index contributed by atoms with van der Waals surface area (Å²) in [6.07, 6.45) is 0.122. The summed E-state index contributed by atoms with van der Waals surface area (Å²) in [5, 5.41) is -0.545. The molecule has 0 unspecified atom stereocenters. The lowest BCUT2D eigenvalue weighted by atomic mass is 10.2.